The summed E-state index contributed by atoms with van der Waals surface area (Å²) in [4.78, 5) is 22.2. The number of hydrogen-bond donors (Lipinski definition) is 4. The van der Waals surface area contributed by atoms with Gasteiger partial charge in [0.1, 0.15) is 11.0 Å². The van der Waals surface area contributed by atoms with E-state index in [4.69, 9.17) is 31.1 Å². The van der Waals surface area contributed by atoms with E-state index in [0.717, 1.165) is 0 Å². The van der Waals surface area contributed by atoms with E-state index in [2.05, 4.69) is 25.9 Å². The molecule has 2 amide bonds. The van der Waals surface area contributed by atoms with Gasteiger partial charge in [0.05, 0.1) is 30.1 Å². The molecule has 3 aromatic heterocycles. The number of carbonyl (C=O) groups is 1. The van der Waals surface area contributed by atoms with Crippen LogP contribution in [0.3, 0.4) is 0 Å². The molecule has 0 saturated heterocycles. The molecule has 202 valence electrons. The van der Waals surface area contributed by atoms with Gasteiger partial charge in [0, 0.05) is 23.5 Å². The minimum absolute atomic E-state index is 0.114. The zero-order valence-corrected chi connectivity index (χ0v) is 21.6. The van der Waals surface area contributed by atoms with Gasteiger partial charge in [-0.15, -0.1) is 0 Å². The minimum Gasteiger partial charge on any atom is -0.490 e. The zero-order chi connectivity index (χ0) is 28.1. The lowest BCUT2D eigenvalue weighted by atomic mass is 10.1. The van der Waals surface area contributed by atoms with E-state index < -0.39 is 6.03 Å². The van der Waals surface area contributed by atoms with E-state index in [9.17, 15) is 4.79 Å². The lowest BCUT2D eigenvalue weighted by Crippen LogP contribution is -2.19. The Morgan fingerprint density at radius 3 is 2.60 bits per heavy atom. The van der Waals surface area contributed by atoms with Crippen molar-refractivity contribution in [3.63, 3.8) is 0 Å². The number of hydrogen-bond acceptors (Lipinski definition) is 10. The van der Waals surface area contributed by atoms with Gasteiger partial charge in [-0.3, -0.25) is 0 Å². The van der Waals surface area contributed by atoms with Gasteiger partial charge in [-0.05, 0) is 60.5 Å². The molecule has 0 aliphatic carbocycles. The molecule has 3 heterocycles. The van der Waals surface area contributed by atoms with Crippen LogP contribution in [-0.2, 0) is 6.54 Å². The van der Waals surface area contributed by atoms with Crippen LogP contribution in [0.25, 0.3) is 33.8 Å². The first-order valence-electron chi connectivity index (χ1n) is 12.5. The maximum atomic E-state index is 12.7. The number of anilines is 3. The third-order valence-corrected chi connectivity index (χ3v) is 6.03. The number of aryl methyl sites for hydroxylation is 1. The molecule has 0 fully saturated rings. The van der Waals surface area contributed by atoms with Crippen LogP contribution in [0.15, 0.2) is 59.4 Å². The van der Waals surface area contributed by atoms with Gasteiger partial charge in [-0.2, -0.15) is 5.26 Å². The van der Waals surface area contributed by atoms with E-state index in [1.54, 1.807) is 48.7 Å². The van der Waals surface area contributed by atoms with Crippen molar-refractivity contribution in [2.75, 3.05) is 29.5 Å². The lowest BCUT2D eigenvalue weighted by molar-refractivity contribution is 0.262. The molecule has 5 rings (SSSR count). The standard InChI is InChI=1S/C27H26N10O3/c1-2-37-24-20(39-11-5-10-28)15-31-21(22(24)34-26(37)23-25(30)36-40-35-23)17-7-4-9-19(13-17)33-27(38)32-18-8-3-6-16(12-18)14-29/h3-4,6-9,12-13,15H,2,5,10-11,28H2,1H3,(H2,30,36)(H2,32,33,38). The minimum atomic E-state index is -0.458. The number of nitrogen functional groups attached to an aromatic ring is 1. The van der Waals surface area contributed by atoms with Crippen molar-refractivity contribution in [1.29, 1.82) is 5.26 Å². The van der Waals surface area contributed by atoms with Gasteiger partial charge >= 0.3 is 6.03 Å². The summed E-state index contributed by atoms with van der Waals surface area (Å²) in [6.45, 7) is 3.40. The van der Waals surface area contributed by atoms with Crippen molar-refractivity contribution in [2.24, 2.45) is 5.73 Å². The number of nitriles is 1. The van der Waals surface area contributed by atoms with Crippen LogP contribution in [-0.4, -0.2) is 44.0 Å². The Labute approximate surface area is 228 Å². The number of carbonyl (C=O) groups excluding carboxylic acids is 1. The second-order valence-electron chi connectivity index (χ2n) is 8.69. The number of imidazole rings is 1. The lowest BCUT2D eigenvalue weighted by Gasteiger charge is -2.12. The molecule has 13 nitrogen and oxygen atoms in total. The van der Waals surface area contributed by atoms with Gasteiger partial charge < -0.3 is 31.4 Å². The number of nitrogens with one attached hydrogen (secondary N) is 2. The summed E-state index contributed by atoms with van der Waals surface area (Å²) in [7, 11) is 0. The molecule has 0 spiro atoms. The molecule has 0 radical (unpaired) electrons. The van der Waals surface area contributed by atoms with E-state index >= 15 is 0 Å². The number of nitrogens with two attached hydrogens (primary N) is 2. The Bertz CT molecular complexity index is 1720. The number of benzene rings is 2. The van der Waals surface area contributed by atoms with Crippen molar-refractivity contribution in [3.8, 4) is 34.6 Å². The Morgan fingerprint density at radius 1 is 1.12 bits per heavy atom. The number of ether oxygens (including phenoxy) is 1. The fourth-order valence-electron chi connectivity index (χ4n) is 4.24. The molecule has 40 heavy (non-hydrogen) atoms. The average molecular weight is 539 g/mol. The molecule has 0 saturated carbocycles. The number of aromatic nitrogens is 5. The van der Waals surface area contributed by atoms with Crippen molar-refractivity contribution >= 4 is 34.3 Å². The second-order valence-corrected chi connectivity index (χ2v) is 8.69. The Balaban J connectivity index is 1.52. The van der Waals surface area contributed by atoms with Crippen LogP contribution < -0.4 is 26.8 Å². The molecule has 6 N–H and O–H groups in total. The Kier molecular flexibility index (Phi) is 7.52. The van der Waals surface area contributed by atoms with Gasteiger partial charge in [0.15, 0.2) is 23.1 Å². The number of fused-ring (bicyclic) bond motifs is 1. The second kappa shape index (κ2) is 11.5. The number of nitrogens with zero attached hydrogens (tertiary/aromatic N) is 6. The van der Waals surface area contributed by atoms with Crippen molar-refractivity contribution in [1.82, 2.24) is 24.8 Å². The van der Waals surface area contributed by atoms with Crippen molar-refractivity contribution in [3.05, 3.63) is 60.3 Å². The first kappa shape index (κ1) is 26.1. The monoisotopic (exact) mass is 538 g/mol. The molecule has 0 aliphatic heterocycles. The predicted molar refractivity (Wildman–Crippen MR) is 149 cm³/mol. The number of urea groups is 1. The van der Waals surface area contributed by atoms with E-state index in [0.29, 0.717) is 82.6 Å². The summed E-state index contributed by atoms with van der Waals surface area (Å²) in [6.07, 6.45) is 2.32. The molecule has 0 unspecified atom stereocenters. The number of amides is 2. The maximum absolute atomic E-state index is 12.7. The quantitative estimate of drug-likeness (QED) is 0.199. The molecule has 5 aromatic rings. The van der Waals surface area contributed by atoms with E-state index in [1.807, 2.05) is 23.6 Å². The Hall–Kier alpha value is -5.48. The van der Waals surface area contributed by atoms with Crippen molar-refractivity contribution < 1.29 is 14.2 Å². The van der Waals surface area contributed by atoms with Crippen molar-refractivity contribution in [2.45, 2.75) is 19.9 Å². The average Bonchev–Trinajstić information content (AvgIpc) is 3.56. The fourth-order valence-corrected chi connectivity index (χ4v) is 4.24. The molecular weight excluding hydrogens is 512 g/mol. The fraction of sp³-hybridized carbons (Fsp3) is 0.185. The summed E-state index contributed by atoms with van der Waals surface area (Å²) in [6, 6.07) is 15.5. The summed E-state index contributed by atoms with van der Waals surface area (Å²) in [5.74, 6) is 1.11. The highest BCUT2D eigenvalue weighted by Crippen LogP contribution is 2.37. The SMILES string of the molecule is CCn1c(-c2nonc2N)nc2c(-c3cccc(NC(=O)Nc4cccc(C#N)c4)c3)ncc(OCCCN)c21. The van der Waals surface area contributed by atoms with Gasteiger partial charge in [-0.1, -0.05) is 18.2 Å². The normalized spacial score (nSPS) is 10.8. The van der Waals surface area contributed by atoms with Crippen LogP contribution in [0.5, 0.6) is 5.75 Å². The van der Waals surface area contributed by atoms with Crippen LogP contribution in [0.4, 0.5) is 22.0 Å². The molecule has 0 aliphatic rings. The number of pyridine rings is 1. The van der Waals surface area contributed by atoms with Gasteiger partial charge in [0.25, 0.3) is 0 Å². The number of rotatable bonds is 9. The molecule has 13 heteroatoms. The summed E-state index contributed by atoms with van der Waals surface area (Å²) < 4.78 is 12.8. The largest absolute Gasteiger partial charge is 0.490 e. The molecule has 2 aromatic carbocycles. The third kappa shape index (κ3) is 5.24. The Morgan fingerprint density at radius 2 is 1.90 bits per heavy atom. The summed E-state index contributed by atoms with van der Waals surface area (Å²) in [5, 5.41) is 22.3. The zero-order valence-electron chi connectivity index (χ0n) is 21.6. The highest BCUT2D eigenvalue weighted by molar-refractivity contribution is 6.01. The predicted octanol–water partition coefficient (Wildman–Crippen LogP) is 3.99. The maximum Gasteiger partial charge on any atom is 0.323 e. The third-order valence-electron chi connectivity index (χ3n) is 6.03. The van der Waals surface area contributed by atoms with Gasteiger partial charge in [0.2, 0.25) is 0 Å². The van der Waals surface area contributed by atoms with E-state index in [-0.39, 0.29) is 5.82 Å². The van der Waals surface area contributed by atoms with E-state index in [1.165, 1.54) is 0 Å². The highest BCUT2D eigenvalue weighted by Gasteiger charge is 2.24. The van der Waals surface area contributed by atoms with Crippen LogP contribution in [0.2, 0.25) is 0 Å². The highest BCUT2D eigenvalue weighted by atomic mass is 16.6. The first-order chi connectivity index (χ1) is 19.5. The van der Waals surface area contributed by atoms with Crippen LogP contribution in [0.1, 0.15) is 18.9 Å². The molecule has 0 atom stereocenters. The first-order valence-corrected chi connectivity index (χ1v) is 12.5. The van der Waals surface area contributed by atoms with Crippen LogP contribution in [0, 0.1) is 11.3 Å². The summed E-state index contributed by atoms with van der Waals surface area (Å²) in [5.41, 5.74) is 16.0. The topological polar surface area (TPSA) is 196 Å². The molecule has 0 bridgehead atoms. The van der Waals surface area contributed by atoms with Crippen LogP contribution >= 0.6 is 0 Å². The molecular formula is C27H26N10O3. The van der Waals surface area contributed by atoms with Gasteiger partial charge in [-0.25, -0.2) is 19.4 Å². The summed E-state index contributed by atoms with van der Waals surface area (Å²) >= 11 is 0. The smallest absolute Gasteiger partial charge is 0.323 e.